The largest absolute Gasteiger partial charge is 0.351 e. The van der Waals surface area contributed by atoms with Gasteiger partial charge in [0.25, 0.3) is 0 Å². The van der Waals surface area contributed by atoms with Crippen LogP contribution in [0.3, 0.4) is 0 Å². The SMILES string of the molecule is O=C(CS(=O)(=O)c1nc(N2CCCC2)nc2ccccc12)NCc1ccccc1. The molecule has 3 aromatic rings. The third-order valence-electron chi connectivity index (χ3n) is 4.89. The van der Waals surface area contributed by atoms with Crippen LogP contribution in [0.15, 0.2) is 59.6 Å². The van der Waals surface area contributed by atoms with Gasteiger partial charge in [-0.05, 0) is 30.5 Å². The second-order valence-corrected chi connectivity index (χ2v) is 8.97. The number of fused-ring (bicyclic) bond motifs is 1. The molecule has 1 amide bonds. The van der Waals surface area contributed by atoms with Crippen molar-refractivity contribution in [3.05, 3.63) is 60.2 Å². The molecule has 0 unspecified atom stereocenters. The highest BCUT2D eigenvalue weighted by atomic mass is 32.2. The van der Waals surface area contributed by atoms with Crippen LogP contribution < -0.4 is 10.2 Å². The quantitative estimate of drug-likeness (QED) is 0.627. The van der Waals surface area contributed by atoms with Gasteiger partial charge in [-0.2, -0.15) is 0 Å². The second kappa shape index (κ2) is 8.16. The first-order chi connectivity index (χ1) is 14.0. The Morgan fingerprint density at radius 1 is 0.966 bits per heavy atom. The molecule has 2 heterocycles. The summed E-state index contributed by atoms with van der Waals surface area (Å²) in [6.07, 6.45) is 2.06. The molecule has 1 aliphatic rings. The van der Waals surface area contributed by atoms with Crippen molar-refractivity contribution < 1.29 is 13.2 Å². The van der Waals surface area contributed by atoms with Crippen LogP contribution in [0.2, 0.25) is 0 Å². The van der Waals surface area contributed by atoms with E-state index in [2.05, 4.69) is 15.3 Å². The molecule has 0 spiro atoms. The molecule has 150 valence electrons. The summed E-state index contributed by atoms with van der Waals surface area (Å²) in [4.78, 5) is 23.2. The van der Waals surface area contributed by atoms with Gasteiger partial charge in [0.15, 0.2) is 5.03 Å². The summed E-state index contributed by atoms with van der Waals surface area (Å²) < 4.78 is 26.1. The molecule has 4 rings (SSSR count). The number of carbonyl (C=O) groups is 1. The summed E-state index contributed by atoms with van der Waals surface area (Å²) in [7, 11) is -3.93. The zero-order valence-corrected chi connectivity index (χ0v) is 16.7. The van der Waals surface area contributed by atoms with Gasteiger partial charge in [0.05, 0.1) is 5.52 Å². The van der Waals surface area contributed by atoms with Crippen LogP contribution >= 0.6 is 0 Å². The van der Waals surface area contributed by atoms with E-state index in [4.69, 9.17) is 0 Å². The highest BCUT2D eigenvalue weighted by molar-refractivity contribution is 7.92. The lowest BCUT2D eigenvalue weighted by atomic mass is 10.2. The second-order valence-electron chi connectivity index (χ2n) is 7.06. The summed E-state index contributed by atoms with van der Waals surface area (Å²) in [6.45, 7) is 1.88. The summed E-state index contributed by atoms with van der Waals surface area (Å²) in [5.74, 6) is -0.802. The minimum atomic E-state index is -3.93. The van der Waals surface area contributed by atoms with Gasteiger partial charge in [-0.3, -0.25) is 4.79 Å². The Morgan fingerprint density at radius 2 is 1.66 bits per heavy atom. The molecule has 7 nitrogen and oxygen atoms in total. The maximum Gasteiger partial charge on any atom is 0.235 e. The van der Waals surface area contributed by atoms with Crippen molar-refractivity contribution in [3.8, 4) is 0 Å². The molecule has 1 saturated heterocycles. The van der Waals surface area contributed by atoms with E-state index in [1.165, 1.54) is 0 Å². The lowest BCUT2D eigenvalue weighted by Gasteiger charge is -2.17. The smallest absolute Gasteiger partial charge is 0.235 e. The number of amides is 1. The molecule has 1 fully saturated rings. The van der Waals surface area contributed by atoms with E-state index < -0.39 is 21.5 Å². The summed E-state index contributed by atoms with van der Waals surface area (Å²) >= 11 is 0. The van der Waals surface area contributed by atoms with Crippen molar-refractivity contribution in [3.63, 3.8) is 0 Å². The maximum atomic E-state index is 13.1. The molecule has 1 aliphatic heterocycles. The molecule has 0 atom stereocenters. The molecule has 1 aromatic heterocycles. The summed E-state index contributed by atoms with van der Waals surface area (Å²) in [6, 6.07) is 16.4. The normalized spacial score (nSPS) is 14.3. The van der Waals surface area contributed by atoms with Gasteiger partial charge in [-0.15, -0.1) is 0 Å². The number of sulfone groups is 1. The Hall–Kier alpha value is -3.00. The fourth-order valence-corrected chi connectivity index (χ4v) is 4.73. The molecule has 29 heavy (non-hydrogen) atoms. The van der Waals surface area contributed by atoms with Crippen LogP contribution in [0, 0.1) is 0 Å². The zero-order valence-electron chi connectivity index (χ0n) is 15.9. The maximum absolute atomic E-state index is 13.1. The molecular weight excluding hydrogens is 388 g/mol. The lowest BCUT2D eigenvalue weighted by molar-refractivity contribution is -0.118. The van der Waals surface area contributed by atoms with Gasteiger partial charge >= 0.3 is 0 Å². The third kappa shape index (κ3) is 4.37. The number of aromatic nitrogens is 2. The fraction of sp³-hybridized carbons (Fsp3) is 0.286. The van der Waals surface area contributed by atoms with Gasteiger partial charge in [0.1, 0.15) is 5.75 Å². The Labute approximate surface area is 169 Å². The summed E-state index contributed by atoms with van der Waals surface area (Å²) in [5, 5.41) is 3.02. The number of nitrogens with one attached hydrogen (secondary N) is 1. The predicted octanol–water partition coefficient (Wildman–Crippen LogP) is 2.32. The highest BCUT2D eigenvalue weighted by Crippen LogP contribution is 2.25. The minimum Gasteiger partial charge on any atom is -0.351 e. The van der Waals surface area contributed by atoms with Crippen LogP contribution in [0.1, 0.15) is 18.4 Å². The van der Waals surface area contributed by atoms with E-state index in [0.717, 1.165) is 31.5 Å². The number of anilines is 1. The number of rotatable bonds is 6. The fourth-order valence-electron chi connectivity index (χ4n) is 3.42. The molecule has 0 saturated carbocycles. The standard InChI is InChI=1S/C21H22N4O3S/c26-19(22-14-16-8-2-1-3-9-16)15-29(27,28)20-17-10-4-5-11-18(17)23-21(24-20)25-12-6-7-13-25/h1-5,8-11H,6-7,12-15H2,(H,22,26). The van der Waals surface area contributed by atoms with Gasteiger partial charge in [0, 0.05) is 25.0 Å². The highest BCUT2D eigenvalue weighted by Gasteiger charge is 2.26. The average Bonchev–Trinajstić information content (AvgIpc) is 3.27. The first kappa shape index (κ1) is 19.3. The van der Waals surface area contributed by atoms with E-state index in [-0.39, 0.29) is 11.6 Å². The molecule has 8 heteroatoms. The molecular formula is C21H22N4O3S. The van der Waals surface area contributed by atoms with Crippen molar-refractivity contribution in [2.45, 2.75) is 24.4 Å². The van der Waals surface area contributed by atoms with Gasteiger partial charge in [-0.1, -0.05) is 42.5 Å². The lowest BCUT2D eigenvalue weighted by Crippen LogP contribution is -2.30. The molecule has 0 bridgehead atoms. The van der Waals surface area contributed by atoms with Crippen LogP contribution in [-0.4, -0.2) is 43.1 Å². The number of hydrogen-bond donors (Lipinski definition) is 1. The van der Waals surface area contributed by atoms with Crippen LogP contribution in [0.4, 0.5) is 5.95 Å². The summed E-state index contributed by atoms with van der Waals surface area (Å²) in [5.41, 5.74) is 1.47. The van der Waals surface area contributed by atoms with Crippen LogP contribution in [-0.2, 0) is 21.2 Å². The number of carbonyl (C=O) groups excluding carboxylic acids is 1. The van der Waals surface area contributed by atoms with Gasteiger partial charge < -0.3 is 10.2 Å². The first-order valence-corrected chi connectivity index (χ1v) is 11.2. The third-order valence-corrected chi connectivity index (χ3v) is 6.44. The van der Waals surface area contributed by atoms with E-state index in [0.29, 0.717) is 16.9 Å². The van der Waals surface area contributed by atoms with Crippen molar-refractivity contribution in [2.24, 2.45) is 0 Å². The first-order valence-electron chi connectivity index (χ1n) is 9.58. The minimum absolute atomic E-state index is 0.0835. The van der Waals surface area contributed by atoms with E-state index in [1.54, 1.807) is 18.2 Å². The van der Waals surface area contributed by atoms with E-state index in [9.17, 15) is 13.2 Å². The van der Waals surface area contributed by atoms with Crippen molar-refractivity contribution >= 4 is 32.6 Å². The van der Waals surface area contributed by atoms with E-state index in [1.807, 2.05) is 41.3 Å². The molecule has 2 aromatic carbocycles. The Balaban J connectivity index is 1.60. The zero-order chi connectivity index (χ0) is 20.3. The monoisotopic (exact) mass is 410 g/mol. The Morgan fingerprint density at radius 3 is 2.41 bits per heavy atom. The number of hydrogen-bond acceptors (Lipinski definition) is 6. The Bertz CT molecular complexity index is 1130. The molecule has 0 aliphatic carbocycles. The van der Waals surface area contributed by atoms with Crippen molar-refractivity contribution in [1.29, 1.82) is 0 Å². The van der Waals surface area contributed by atoms with Gasteiger partial charge in [-0.25, -0.2) is 18.4 Å². The van der Waals surface area contributed by atoms with Crippen LogP contribution in [0.5, 0.6) is 0 Å². The predicted molar refractivity (Wildman–Crippen MR) is 111 cm³/mol. The van der Waals surface area contributed by atoms with Crippen molar-refractivity contribution in [2.75, 3.05) is 23.7 Å². The molecule has 0 radical (unpaired) electrons. The number of nitrogens with zero attached hydrogens (tertiary/aromatic N) is 3. The number of benzene rings is 2. The molecule has 1 N–H and O–H groups in total. The Kier molecular flexibility index (Phi) is 5.44. The van der Waals surface area contributed by atoms with Gasteiger partial charge in [0.2, 0.25) is 21.7 Å². The number of para-hydroxylation sites is 1. The van der Waals surface area contributed by atoms with E-state index >= 15 is 0 Å². The topological polar surface area (TPSA) is 92.3 Å². The average molecular weight is 410 g/mol. The van der Waals surface area contributed by atoms with Crippen molar-refractivity contribution in [1.82, 2.24) is 15.3 Å². The van der Waals surface area contributed by atoms with Crippen LogP contribution in [0.25, 0.3) is 10.9 Å².